The fourth-order valence-corrected chi connectivity index (χ4v) is 5.77. The first-order valence-electron chi connectivity index (χ1n) is 11.5. The molecule has 152 valence electrons. The van der Waals surface area contributed by atoms with Gasteiger partial charge < -0.3 is 8.85 Å². The molecule has 0 aromatic rings. The standard InChI is InChI=1S/C22H48O2Si/c1-5-9-11-13-15-17-19-21-23-25(7-3,8-4)24-22-20-18-16-14-12-10-6-2/h5-22H2,1-4H3. The van der Waals surface area contributed by atoms with E-state index in [0.717, 1.165) is 25.3 Å². The van der Waals surface area contributed by atoms with Gasteiger partial charge in [-0.15, -0.1) is 0 Å². The lowest BCUT2D eigenvalue weighted by Crippen LogP contribution is -2.41. The SMILES string of the molecule is CCCCCCCCCO[Si](CC)(CC)OCCCCCCCCC. The molecule has 0 amide bonds. The van der Waals surface area contributed by atoms with E-state index in [1.807, 2.05) is 0 Å². The van der Waals surface area contributed by atoms with E-state index in [1.165, 1.54) is 89.9 Å². The highest BCUT2D eigenvalue weighted by molar-refractivity contribution is 6.67. The van der Waals surface area contributed by atoms with E-state index in [9.17, 15) is 0 Å². The Labute approximate surface area is 160 Å². The molecule has 0 radical (unpaired) electrons. The Bertz CT molecular complexity index is 232. The second kappa shape index (κ2) is 18.9. The van der Waals surface area contributed by atoms with E-state index < -0.39 is 8.56 Å². The number of unbranched alkanes of at least 4 members (excludes halogenated alkanes) is 12. The van der Waals surface area contributed by atoms with Crippen molar-refractivity contribution >= 4 is 8.56 Å². The van der Waals surface area contributed by atoms with Crippen molar-refractivity contribution in [1.82, 2.24) is 0 Å². The van der Waals surface area contributed by atoms with Gasteiger partial charge in [0.05, 0.1) is 0 Å². The quantitative estimate of drug-likeness (QED) is 0.159. The topological polar surface area (TPSA) is 18.5 Å². The largest absolute Gasteiger partial charge is 0.394 e. The van der Waals surface area contributed by atoms with Crippen LogP contribution in [-0.2, 0) is 8.85 Å². The summed E-state index contributed by atoms with van der Waals surface area (Å²) in [6, 6.07) is 2.19. The third-order valence-corrected chi connectivity index (χ3v) is 8.92. The average molecular weight is 373 g/mol. The molecule has 0 saturated carbocycles. The lowest BCUT2D eigenvalue weighted by atomic mass is 10.1. The lowest BCUT2D eigenvalue weighted by Gasteiger charge is -2.29. The molecule has 0 aromatic heterocycles. The molecule has 0 atom stereocenters. The molecule has 0 spiro atoms. The molecule has 0 N–H and O–H groups in total. The predicted octanol–water partition coefficient (Wildman–Crippen LogP) is 8.00. The van der Waals surface area contributed by atoms with E-state index in [4.69, 9.17) is 8.85 Å². The zero-order valence-electron chi connectivity index (χ0n) is 18.0. The predicted molar refractivity (Wildman–Crippen MR) is 115 cm³/mol. The highest BCUT2D eigenvalue weighted by Crippen LogP contribution is 2.20. The van der Waals surface area contributed by atoms with Crippen molar-refractivity contribution in [3.05, 3.63) is 0 Å². The molecular weight excluding hydrogens is 324 g/mol. The van der Waals surface area contributed by atoms with Crippen LogP contribution in [-0.4, -0.2) is 21.8 Å². The zero-order valence-corrected chi connectivity index (χ0v) is 19.0. The first-order valence-corrected chi connectivity index (χ1v) is 13.8. The maximum Gasteiger partial charge on any atom is 0.337 e. The summed E-state index contributed by atoms with van der Waals surface area (Å²) in [7, 11) is -1.91. The van der Waals surface area contributed by atoms with Crippen LogP contribution in [0.1, 0.15) is 118 Å². The highest BCUT2D eigenvalue weighted by Gasteiger charge is 2.33. The lowest BCUT2D eigenvalue weighted by molar-refractivity contribution is 0.163. The fourth-order valence-electron chi connectivity index (χ4n) is 3.33. The maximum atomic E-state index is 6.33. The van der Waals surface area contributed by atoms with Crippen molar-refractivity contribution in [3.63, 3.8) is 0 Å². The molecule has 0 aromatic carbocycles. The first kappa shape index (κ1) is 25.1. The van der Waals surface area contributed by atoms with Gasteiger partial charge in [0.2, 0.25) is 0 Å². The minimum atomic E-state index is -1.91. The summed E-state index contributed by atoms with van der Waals surface area (Å²) in [4.78, 5) is 0. The Morgan fingerprint density at radius 3 is 1.08 bits per heavy atom. The van der Waals surface area contributed by atoms with Crippen molar-refractivity contribution < 1.29 is 8.85 Å². The van der Waals surface area contributed by atoms with Crippen LogP contribution < -0.4 is 0 Å². The van der Waals surface area contributed by atoms with Gasteiger partial charge in [-0.3, -0.25) is 0 Å². The second-order valence-corrected chi connectivity index (χ2v) is 11.4. The summed E-state index contributed by atoms with van der Waals surface area (Å²) in [6.07, 6.45) is 18.9. The highest BCUT2D eigenvalue weighted by atomic mass is 28.4. The molecule has 0 aliphatic rings. The fraction of sp³-hybridized carbons (Fsp3) is 1.00. The monoisotopic (exact) mass is 372 g/mol. The van der Waals surface area contributed by atoms with Crippen molar-refractivity contribution in [2.24, 2.45) is 0 Å². The van der Waals surface area contributed by atoms with Gasteiger partial charge in [-0.1, -0.05) is 105 Å². The van der Waals surface area contributed by atoms with Gasteiger partial charge in [0, 0.05) is 13.2 Å². The minimum absolute atomic E-state index is 0.915. The van der Waals surface area contributed by atoms with Crippen LogP contribution in [0.3, 0.4) is 0 Å². The third-order valence-electron chi connectivity index (χ3n) is 5.30. The average Bonchev–Trinajstić information content (AvgIpc) is 2.64. The summed E-state index contributed by atoms with van der Waals surface area (Å²) in [5.41, 5.74) is 0. The van der Waals surface area contributed by atoms with E-state index in [0.29, 0.717) is 0 Å². The van der Waals surface area contributed by atoms with Crippen LogP contribution in [0.15, 0.2) is 0 Å². The molecule has 0 bridgehead atoms. The molecule has 0 rings (SSSR count). The smallest absolute Gasteiger partial charge is 0.337 e. The van der Waals surface area contributed by atoms with Crippen LogP contribution in [0, 0.1) is 0 Å². The van der Waals surface area contributed by atoms with Crippen molar-refractivity contribution in [1.29, 1.82) is 0 Å². The Hall–Kier alpha value is 0.137. The van der Waals surface area contributed by atoms with Gasteiger partial charge in [0.25, 0.3) is 0 Å². The number of hydrogen-bond acceptors (Lipinski definition) is 2. The molecule has 0 aliphatic carbocycles. The van der Waals surface area contributed by atoms with Crippen LogP contribution in [0.2, 0.25) is 12.1 Å². The molecule has 3 heteroatoms. The van der Waals surface area contributed by atoms with Crippen LogP contribution in [0.4, 0.5) is 0 Å². The molecule has 0 aliphatic heterocycles. The summed E-state index contributed by atoms with van der Waals surface area (Å²) < 4.78 is 12.7. The molecule has 0 saturated heterocycles. The Morgan fingerprint density at radius 2 is 0.760 bits per heavy atom. The zero-order chi connectivity index (χ0) is 18.6. The van der Waals surface area contributed by atoms with E-state index in [1.54, 1.807) is 0 Å². The molecule has 25 heavy (non-hydrogen) atoms. The number of rotatable bonds is 20. The van der Waals surface area contributed by atoms with Gasteiger partial charge in [0.15, 0.2) is 0 Å². The van der Waals surface area contributed by atoms with Gasteiger partial charge in [-0.05, 0) is 24.9 Å². The summed E-state index contributed by atoms with van der Waals surface area (Å²) in [5, 5.41) is 0. The third kappa shape index (κ3) is 14.9. The molecule has 2 nitrogen and oxygen atoms in total. The first-order chi connectivity index (χ1) is 12.2. The number of hydrogen-bond donors (Lipinski definition) is 0. The summed E-state index contributed by atoms with van der Waals surface area (Å²) in [6.45, 7) is 10.9. The second-order valence-electron chi connectivity index (χ2n) is 7.56. The van der Waals surface area contributed by atoms with Gasteiger partial charge >= 0.3 is 8.56 Å². The van der Waals surface area contributed by atoms with Crippen LogP contribution in [0.25, 0.3) is 0 Å². The molecular formula is C22H48O2Si. The molecule has 0 heterocycles. The minimum Gasteiger partial charge on any atom is -0.394 e. The summed E-state index contributed by atoms with van der Waals surface area (Å²) in [5.74, 6) is 0. The Morgan fingerprint density at radius 1 is 0.440 bits per heavy atom. The molecule has 0 unspecified atom stereocenters. The van der Waals surface area contributed by atoms with E-state index >= 15 is 0 Å². The molecule has 0 fully saturated rings. The van der Waals surface area contributed by atoms with Crippen LogP contribution in [0.5, 0.6) is 0 Å². The Kier molecular flexibility index (Phi) is 19.0. The van der Waals surface area contributed by atoms with Crippen molar-refractivity contribution in [2.75, 3.05) is 13.2 Å². The van der Waals surface area contributed by atoms with Crippen LogP contribution >= 0.6 is 0 Å². The van der Waals surface area contributed by atoms with E-state index in [-0.39, 0.29) is 0 Å². The van der Waals surface area contributed by atoms with Gasteiger partial charge in [-0.25, -0.2) is 0 Å². The Balaban J connectivity index is 3.70. The summed E-state index contributed by atoms with van der Waals surface area (Å²) >= 11 is 0. The van der Waals surface area contributed by atoms with Gasteiger partial charge in [-0.2, -0.15) is 0 Å². The van der Waals surface area contributed by atoms with Crippen molar-refractivity contribution in [2.45, 2.75) is 130 Å². The van der Waals surface area contributed by atoms with E-state index in [2.05, 4.69) is 27.7 Å². The normalized spacial score (nSPS) is 12.0. The van der Waals surface area contributed by atoms with Crippen molar-refractivity contribution in [3.8, 4) is 0 Å². The maximum absolute atomic E-state index is 6.33. The van der Waals surface area contributed by atoms with Gasteiger partial charge in [0.1, 0.15) is 0 Å².